The maximum Gasteiger partial charge on any atom is 0.292 e. The first kappa shape index (κ1) is 21.8. The van der Waals surface area contributed by atoms with Crippen LogP contribution < -0.4 is 4.90 Å². The third-order valence-electron chi connectivity index (χ3n) is 5.71. The normalized spacial score (nSPS) is 14.4. The van der Waals surface area contributed by atoms with Gasteiger partial charge in [-0.15, -0.1) is 0 Å². The second-order valence-corrected chi connectivity index (χ2v) is 7.88. The van der Waals surface area contributed by atoms with Crippen LogP contribution in [0.1, 0.15) is 36.7 Å². The van der Waals surface area contributed by atoms with Crippen molar-refractivity contribution in [1.82, 2.24) is 9.80 Å². The molecule has 1 amide bonds. The van der Waals surface area contributed by atoms with Crippen LogP contribution in [0.5, 0.6) is 0 Å². The third-order valence-corrected chi connectivity index (χ3v) is 5.71. The van der Waals surface area contributed by atoms with Gasteiger partial charge in [0.05, 0.1) is 4.92 Å². The van der Waals surface area contributed by atoms with Crippen molar-refractivity contribution in [3.8, 4) is 0 Å². The molecule has 0 aromatic heterocycles. The number of para-hydroxylation sites is 2. The van der Waals surface area contributed by atoms with Crippen LogP contribution in [0, 0.1) is 10.1 Å². The monoisotopic (exact) mass is 410 g/mol. The molecule has 0 aliphatic carbocycles. The van der Waals surface area contributed by atoms with Crippen molar-refractivity contribution in [2.75, 3.05) is 37.6 Å². The minimum atomic E-state index is -0.354. The molecule has 0 atom stereocenters. The van der Waals surface area contributed by atoms with Gasteiger partial charge in [-0.25, -0.2) is 0 Å². The van der Waals surface area contributed by atoms with Crippen LogP contribution in [0.4, 0.5) is 11.4 Å². The fourth-order valence-corrected chi connectivity index (χ4v) is 3.87. The Morgan fingerprint density at radius 2 is 1.70 bits per heavy atom. The largest absolute Gasteiger partial charge is 0.362 e. The van der Waals surface area contributed by atoms with E-state index in [2.05, 4.69) is 25.7 Å². The van der Waals surface area contributed by atoms with Crippen LogP contribution in [-0.4, -0.2) is 59.4 Å². The minimum absolute atomic E-state index is 0.0139. The first-order chi connectivity index (χ1) is 14.4. The molecule has 1 heterocycles. The molecule has 1 aliphatic rings. The summed E-state index contributed by atoms with van der Waals surface area (Å²) in [5, 5.41) is 11.3. The zero-order valence-electron chi connectivity index (χ0n) is 18.0. The van der Waals surface area contributed by atoms with Crippen molar-refractivity contribution in [3.63, 3.8) is 0 Å². The van der Waals surface area contributed by atoms with Gasteiger partial charge in [-0.3, -0.25) is 19.8 Å². The Bertz CT molecular complexity index is 874. The van der Waals surface area contributed by atoms with Crippen LogP contribution in [0.25, 0.3) is 0 Å². The number of rotatable bonds is 7. The van der Waals surface area contributed by atoms with Gasteiger partial charge in [-0.2, -0.15) is 0 Å². The number of carbonyl (C=O) groups is 1. The van der Waals surface area contributed by atoms with Gasteiger partial charge in [-0.05, 0) is 44.2 Å². The molecule has 3 rings (SSSR count). The zero-order chi connectivity index (χ0) is 21.7. The average Bonchev–Trinajstić information content (AvgIpc) is 2.77. The number of amides is 1. The van der Waals surface area contributed by atoms with E-state index in [-0.39, 0.29) is 16.5 Å². The van der Waals surface area contributed by atoms with Gasteiger partial charge in [0, 0.05) is 50.4 Å². The number of hydrogen-bond acceptors (Lipinski definition) is 5. The van der Waals surface area contributed by atoms with E-state index < -0.39 is 0 Å². The predicted molar refractivity (Wildman–Crippen MR) is 119 cm³/mol. The minimum Gasteiger partial charge on any atom is -0.362 e. The Morgan fingerprint density at radius 1 is 1.07 bits per heavy atom. The predicted octanol–water partition coefficient (Wildman–Crippen LogP) is 3.79. The summed E-state index contributed by atoms with van der Waals surface area (Å²) in [4.78, 5) is 30.0. The van der Waals surface area contributed by atoms with E-state index in [0.29, 0.717) is 43.5 Å². The lowest BCUT2D eigenvalue weighted by Gasteiger charge is -2.35. The number of nitro groups is 1. The maximum absolute atomic E-state index is 12.9. The molecule has 7 nitrogen and oxygen atoms in total. The van der Waals surface area contributed by atoms with Gasteiger partial charge in [0.25, 0.3) is 11.6 Å². The van der Waals surface area contributed by atoms with Crippen LogP contribution >= 0.6 is 0 Å². The van der Waals surface area contributed by atoms with E-state index in [9.17, 15) is 14.9 Å². The molecule has 2 aromatic rings. The molecule has 0 bridgehead atoms. The van der Waals surface area contributed by atoms with Crippen molar-refractivity contribution >= 4 is 17.3 Å². The molecular formula is C23H30N4O3. The van der Waals surface area contributed by atoms with E-state index in [0.717, 1.165) is 13.1 Å². The second-order valence-electron chi connectivity index (χ2n) is 7.88. The Balaban J connectivity index is 1.61. The molecule has 1 saturated heterocycles. The number of hydrogen-bond donors (Lipinski definition) is 0. The second kappa shape index (κ2) is 9.71. The molecule has 0 spiro atoms. The number of piperazine rings is 1. The summed E-state index contributed by atoms with van der Waals surface area (Å²) in [6.45, 7) is 10.6. The van der Waals surface area contributed by atoms with Crippen LogP contribution in [0.3, 0.4) is 0 Å². The van der Waals surface area contributed by atoms with Crippen molar-refractivity contribution in [2.45, 2.75) is 33.4 Å². The molecule has 7 heteroatoms. The topological polar surface area (TPSA) is 69.9 Å². The summed E-state index contributed by atoms with van der Waals surface area (Å²) in [5.41, 5.74) is 2.61. The van der Waals surface area contributed by atoms with Gasteiger partial charge < -0.3 is 9.80 Å². The van der Waals surface area contributed by atoms with Crippen molar-refractivity contribution < 1.29 is 9.72 Å². The number of nitro benzene ring substituents is 1. The Labute approximate surface area is 178 Å². The molecule has 0 radical (unpaired) electrons. The van der Waals surface area contributed by atoms with E-state index in [4.69, 9.17) is 0 Å². The lowest BCUT2D eigenvalue weighted by atomic mass is 10.1. The summed E-state index contributed by atoms with van der Waals surface area (Å²) >= 11 is 0. The number of carbonyl (C=O) groups excluding carboxylic acids is 1. The average molecular weight is 411 g/mol. The Morgan fingerprint density at radius 3 is 2.27 bits per heavy atom. The van der Waals surface area contributed by atoms with Crippen molar-refractivity contribution in [1.29, 1.82) is 0 Å². The zero-order valence-corrected chi connectivity index (χ0v) is 18.0. The molecule has 1 fully saturated rings. The fourth-order valence-electron chi connectivity index (χ4n) is 3.87. The van der Waals surface area contributed by atoms with E-state index in [1.54, 1.807) is 18.2 Å². The highest BCUT2D eigenvalue weighted by Crippen LogP contribution is 2.28. The fraction of sp³-hybridized carbons (Fsp3) is 0.435. The first-order valence-electron chi connectivity index (χ1n) is 10.5. The molecule has 30 heavy (non-hydrogen) atoms. The summed E-state index contributed by atoms with van der Waals surface area (Å²) in [6, 6.07) is 15.1. The maximum atomic E-state index is 12.9. The highest BCUT2D eigenvalue weighted by molar-refractivity contribution is 5.94. The van der Waals surface area contributed by atoms with E-state index in [1.165, 1.54) is 11.6 Å². The standard InChI is InChI=1S/C23H30N4O3/c1-4-24(18(2)3)17-19-9-11-20(12-10-19)23(28)26-15-13-25(14-16-26)21-7-5-6-8-22(21)27(29)30/h5-12,18H,4,13-17H2,1-3H3. The van der Waals surface area contributed by atoms with Crippen molar-refractivity contribution in [2.24, 2.45) is 0 Å². The molecule has 2 aromatic carbocycles. The lowest BCUT2D eigenvalue weighted by molar-refractivity contribution is -0.384. The Kier molecular flexibility index (Phi) is 7.05. The summed E-state index contributed by atoms with van der Waals surface area (Å²) in [6.07, 6.45) is 0. The van der Waals surface area contributed by atoms with Gasteiger partial charge >= 0.3 is 0 Å². The molecule has 160 valence electrons. The van der Waals surface area contributed by atoms with E-state index in [1.807, 2.05) is 34.1 Å². The van der Waals surface area contributed by atoms with E-state index >= 15 is 0 Å². The van der Waals surface area contributed by atoms with Gasteiger partial charge in [0.2, 0.25) is 0 Å². The third kappa shape index (κ3) is 4.97. The number of anilines is 1. The quantitative estimate of drug-likeness (QED) is 0.513. The smallest absolute Gasteiger partial charge is 0.292 e. The van der Waals surface area contributed by atoms with Crippen molar-refractivity contribution in [3.05, 3.63) is 69.8 Å². The first-order valence-corrected chi connectivity index (χ1v) is 10.5. The highest BCUT2D eigenvalue weighted by atomic mass is 16.6. The molecule has 1 aliphatic heterocycles. The molecule has 0 unspecified atom stereocenters. The van der Waals surface area contributed by atoms with Gasteiger partial charge in [0.15, 0.2) is 0 Å². The number of nitrogens with zero attached hydrogens (tertiary/aromatic N) is 4. The van der Waals surface area contributed by atoms with Crippen LogP contribution in [-0.2, 0) is 6.54 Å². The summed E-state index contributed by atoms with van der Waals surface area (Å²) < 4.78 is 0. The number of benzene rings is 2. The lowest BCUT2D eigenvalue weighted by Crippen LogP contribution is -2.49. The molecule has 0 N–H and O–H groups in total. The van der Waals surface area contributed by atoms with Crippen LogP contribution in [0.15, 0.2) is 48.5 Å². The van der Waals surface area contributed by atoms with Gasteiger partial charge in [0.1, 0.15) is 5.69 Å². The highest BCUT2D eigenvalue weighted by Gasteiger charge is 2.26. The SMILES string of the molecule is CCN(Cc1ccc(C(=O)N2CCN(c3ccccc3[N+](=O)[O-])CC2)cc1)C(C)C. The van der Waals surface area contributed by atoms with Crippen LogP contribution in [0.2, 0.25) is 0 Å². The molecule has 0 saturated carbocycles. The molecular weight excluding hydrogens is 380 g/mol. The van der Waals surface area contributed by atoms with Gasteiger partial charge in [-0.1, -0.05) is 31.2 Å². The summed E-state index contributed by atoms with van der Waals surface area (Å²) in [7, 11) is 0. The Hall–Kier alpha value is -2.93. The summed E-state index contributed by atoms with van der Waals surface area (Å²) in [5.74, 6) is 0.0139.